The van der Waals surface area contributed by atoms with Crippen molar-refractivity contribution in [1.82, 2.24) is 10.3 Å². The molecule has 3 aromatic rings. The van der Waals surface area contributed by atoms with Gasteiger partial charge in [0.05, 0.1) is 11.9 Å². The second kappa shape index (κ2) is 10.4. The van der Waals surface area contributed by atoms with Gasteiger partial charge in [-0.2, -0.15) is 0 Å². The fourth-order valence-corrected chi connectivity index (χ4v) is 4.25. The van der Waals surface area contributed by atoms with Gasteiger partial charge in [-0.3, -0.25) is 10.1 Å². The number of carboxylic acid groups (broad SMARTS) is 1. The summed E-state index contributed by atoms with van der Waals surface area (Å²) in [4.78, 5) is 40.3. The predicted molar refractivity (Wildman–Crippen MR) is 131 cm³/mol. The first-order valence-electron chi connectivity index (χ1n) is 11.5. The van der Waals surface area contributed by atoms with Crippen molar-refractivity contribution >= 4 is 23.7 Å². The van der Waals surface area contributed by atoms with E-state index in [2.05, 4.69) is 27.8 Å². The molecule has 1 heterocycles. The maximum absolute atomic E-state index is 12.4. The van der Waals surface area contributed by atoms with E-state index in [1.165, 1.54) is 18.3 Å². The highest BCUT2D eigenvalue weighted by Crippen LogP contribution is 2.44. The molecule has 0 spiro atoms. The number of ether oxygens (including phenoxy) is 1. The maximum Gasteiger partial charge on any atom is 0.411 e. The molecule has 180 valence electrons. The highest BCUT2D eigenvalue weighted by atomic mass is 16.5. The topological polar surface area (TPSA) is 118 Å². The summed E-state index contributed by atoms with van der Waals surface area (Å²) in [6.45, 7) is 3.79. The molecule has 0 radical (unpaired) electrons. The van der Waals surface area contributed by atoms with Crippen molar-refractivity contribution in [3.05, 3.63) is 83.7 Å². The summed E-state index contributed by atoms with van der Waals surface area (Å²) < 4.78 is 5.52. The molecule has 1 aromatic heterocycles. The van der Waals surface area contributed by atoms with Crippen LogP contribution in [0.5, 0.6) is 0 Å². The summed E-state index contributed by atoms with van der Waals surface area (Å²) in [6, 6.07) is 18.1. The minimum absolute atomic E-state index is 0.0509. The molecule has 3 N–H and O–H groups in total. The monoisotopic (exact) mass is 473 g/mol. The number of carbonyl (C=O) groups is 3. The third kappa shape index (κ3) is 5.16. The van der Waals surface area contributed by atoms with Crippen molar-refractivity contribution in [2.75, 3.05) is 11.9 Å². The lowest BCUT2D eigenvalue weighted by atomic mass is 9.98. The van der Waals surface area contributed by atoms with Gasteiger partial charge in [0.2, 0.25) is 0 Å². The average Bonchev–Trinajstić information content (AvgIpc) is 3.19. The van der Waals surface area contributed by atoms with Crippen LogP contribution in [0.3, 0.4) is 0 Å². The minimum atomic E-state index is -1.10. The van der Waals surface area contributed by atoms with Gasteiger partial charge in [0, 0.05) is 5.92 Å². The normalized spacial score (nSPS) is 13.8. The van der Waals surface area contributed by atoms with Crippen LogP contribution in [0.4, 0.5) is 10.5 Å². The summed E-state index contributed by atoms with van der Waals surface area (Å²) >= 11 is 0. The Bertz CT molecular complexity index is 1200. The van der Waals surface area contributed by atoms with E-state index in [4.69, 9.17) is 4.74 Å². The third-order valence-corrected chi connectivity index (χ3v) is 6.35. The first-order chi connectivity index (χ1) is 16.9. The quantitative estimate of drug-likeness (QED) is 0.438. The average molecular weight is 474 g/mol. The molecule has 2 amide bonds. The molecule has 35 heavy (non-hydrogen) atoms. The summed E-state index contributed by atoms with van der Waals surface area (Å²) in [7, 11) is 0. The van der Waals surface area contributed by atoms with Gasteiger partial charge in [-0.05, 0) is 40.3 Å². The van der Waals surface area contributed by atoms with Crippen LogP contribution in [0.2, 0.25) is 0 Å². The van der Waals surface area contributed by atoms with Crippen LogP contribution in [0.25, 0.3) is 11.1 Å². The van der Waals surface area contributed by atoms with Crippen LogP contribution < -0.4 is 10.6 Å². The SMILES string of the molecule is CCC(C)[C@H](NC(=O)c1ccc(NC(=O)OCC2c3ccccc3-c3ccccc32)cn1)C(=O)O. The van der Waals surface area contributed by atoms with Crippen LogP contribution in [-0.2, 0) is 9.53 Å². The number of carboxylic acids is 1. The number of nitrogens with zero attached hydrogens (tertiary/aromatic N) is 1. The highest BCUT2D eigenvalue weighted by molar-refractivity contribution is 5.95. The van der Waals surface area contributed by atoms with Crippen LogP contribution in [-0.4, -0.2) is 40.7 Å². The second-order valence-electron chi connectivity index (χ2n) is 8.56. The van der Waals surface area contributed by atoms with Crippen LogP contribution in [0.15, 0.2) is 66.9 Å². The molecule has 2 atom stereocenters. The zero-order valence-electron chi connectivity index (χ0n) is 19.5. The Morgan fingerprint density at radius 3 is 2.17 bits per heavy atom. The largest absolute Gasteiger partial charge is 0.480 e. The number of anilines is 1. The Labute approximate surface area is 203 Å². The lowest BCUT2D eigenvalue weighted by Crippen LogP contribution is -2.45. The molecule has 0 bridgehead atoms. The Balaban J connectivity index is 1.36. The number of pyridine rings is 1. The van der Waals surface area contributed by atoms with E-state index >= 15 is 0 Å². The van der Waals surface area contributed by atoms with Crippen molar-refractivity contribution < 1.29 is 24.2 Å². The van der Waals surface area contributed by atoms with E-state index in [-0.39, 0.29) is 24.1 Å². The number of benzene rings is 2. The first-order valence-corrected chi connectivity index (χ1v) is 11.5. The fraction of sp³-hybridized carbons (Fsp3) is 0.259. The number of aromatic nitrogens is 1. The smallest absolute Gasteiger partial charge is 0.411 e. The Morgan fingerprint density at radius 1 is 1.00 bits per heavy atom. The first kappa shape index (κ1) is 23.9. The Hall–Kier alpha value is -4.20. The number of rotatable bonds is 8. The lowest BCUT2D eigenvalue weighted by molar-refractivity contribution is -0.140. The number of hydrogen-bond donors (Lipinski definition) is 3. The van der Waals surface area contributed by atoms with Gasteiger partial charge in [-0.15, -0.1) is 0 Å². The van der Waals surface area contributed by atoms with E-state index in [9.17, 15) is 19.5 Å². The predicted octanol–water partition coefficient (Wildman–Crippen LogP) is 4.67. The van der Waals surface area contributed by atoms with Gasteiger partial charge in [-0.1, -0.05) is 68.8 Å². The molecule has 2 aromatic carbocycles. The molecule has 8 heteroatoms. The van der Waals surface area contributed by atoms with Gasteiger partial charge in [-0.25, -0.2) is 14.6 Å². The van der Waals surface area contributed by atoms with E-state index in [0.29, 0.717) is 12.1 Å². The molecule has 4 rings (SSSR count). The molecule has 1 aliphatic carbocycles. The Morgan fingerprint density at radius 2 is 1.63 bits per heavy atom. The van der Waals surface area contributed by atoms with Crippen LogP contribution >= 0.6 is 0 Å². The fourth-order valence-electron chi connectivity index (χ4n) is 4.25. The van der Waals surface area contributed by atoms with E-state index in [1.807, 2.05) is 43.3 Å². The number of fused-ring (bicyclic) bond motifs is 3. The molecule has 0 aliphatic heterocycles. The number of nitrogens with one attached hydrogen (secondary N) is 2. The van der Waals surface area contributed by atoms with Gasteiger partial charge in [0.25, 0.3) is 5.91 Å². The molecule has 0 saturated heterocycles. The third-order valence-electron chi connectivity index (χ3n) is 6.35. The van der Waals surface area contributed by atoms with Crippen molar-refractivity contribution in [2.24, 2.45) is 5.92 Å². The summed E-state index contributed by atoms with van der Waals surface area (Å²) in [5.41, 5.74) is 4.95. The highest BCUT2D eigenvalue weighted by Gasteiger charge is 2.29. The van der Waals surface area contributed by atoms with Crippen molar-refractivity contribution in [3.8, 4) is 11.1 Å². The lowest BCUT2D eigenvalue weighted by Gasteiger charge is -2.19. The number of amides is 2. The van der Waals surface area contributed by atoms with Gasteiger partial charge >= 0.3 is 12.1 Å². The molecule has 0 fully saturated rings. The van der Waals surface area contributed by atoms with Crippen molar-refractivity contribution in [1.29, 1.82) is 0 Å². The van der Waals surface area contributed by atoms with E-state index in [0.717, 1.165) is 22.3 Å². The van der Waals surface area contributed by atoms with Crippen LogP contribution in [0.1, 0.15) is 47.8 Å². The summed E-state index contributed by atoms with van der Waals surface area (Å²) in [6.07, 6.45) is 1.30. The molecular weight excluding hydrogens is 446 g/mol. The molecular formula is C27H27N3O5. The molecule has 0 saturated carbocycles. The molecule has 8 nitrogen and oxygen atoms in total. The second-order valence-corrected chi connectivity index (χ2v) is 8.56. The van der Waals surface area contributed by atoms with Crippen molar-refractivity contribution in [3.63, 3.8) is 0 Å². The van der Waals surface area contributed by atoms with Gasteiger partial charge < -0.3 is 15.2 Å². The number of hydrogen-bond acceptors (Lipinski definition) is 5. The maximum atomic E-state index is 12.4. The van der Waals surface area contributed by atoms with Crippen LogP contribution in [0, 0.1) is 5.92 Å². The minimum Gasteiger partial charge on any atom is -0.480 e. The van der Waals surface area contributed by atoms with E-state index in [1.54, 1.807) is 6.92 Å². The van der Waals surface area contributed by atoms with Gasteiger partial charge in [0.15, 0.2) is 0 Å². The summed E-state index contributed by atoms with van der Waals surface area (Å²) in [5, 5.41) is 14.5. The number of carbonyl (C=O) groups excluding carboxylic acids is 2. The Kier molecular flexibility index (Phi) is 7.10. The molecule has 1 unspecified atom stereocenters. The number of aliphatic carboxylic acids is 1. The zero-order chi connectivity index (χ0) is 24.9. The van der Waals surface area contributed by atoms with E-state index < -0.39 is 24.0 Å². The standard InChI is InChI=1S/C27H27N3O5/c1-3-16(2)24(26(32)33)30-25(31)23-13-12-17(14-28-23)29-27(34)35-15-22-20-10-6-4-8-18(20)19-9-5-7-11-21(19)22/h4-14,16,22,24H,3,15H2,1-2H3,(H,29,34)(H,30,31)(H,32,33)/t16?,24-/m0/s1. The summed E-state index contributed by atoms with van der Waals surface area (Å²) in [5.74, 6) is -1.97. The van der Waals surface area contributed by atoms with Gasteiger partial charge in [0.1, 0.15) is 18.3 Å². The zero-order valence-corrected chi connectivity index (χ0v) is 19.5. The molecule has 1 aliphatic rings. The van der Waals surface area contributed by atoms with Crippen molar-refractivity contribution in [2.45, 2.75) is 32.2 Å².